The number of thiazole rings is 1. The molecule has 11 heteroatoms. The number of rotatable bonds is 7. The molecule has 0 aliphatic heterocycles. The fraction of sp³-hybridized carbons (Fsp3) is 0.111. The zero-order valence-corrected chi connectivity index (χ0v) is 21.1. The normalized spacial score (nSPS) is 11.7. The number of nitrogens with one attached hydrogen (secondary N) is 2. The van der Waals surface area contributed by atoms with E-state index in [0.29, 0.717) is 28.1 Å². The lowest BCUT2D eigenvalue weighted by Crippen LogP contribution is -2.29. The van der Waals surface area contributed by atoms with Crippen molar-refractivity contribution in [2.45, 2.75) is 20.0 Å². The molecule has 0 fully saturated rings. The molecule has 5 aromatic rings. The third-order valence-corrected chi connectivity index (χ3v) is 6.54. The van der Waals surface area contributed by atoms with Crippen molar-refractivity contribution >= 4 is 45.1 Å². The van der Waals surface area contributed by atoms with E-state index in [0.717, 1.165) is 22.5 Å². The smallest absolute Gasteiger partial charge is 0.338 e. The summed E-state index contributed by atoms with van der Waals surface area (Å²) in [5, 5.41) is 15.6. The highest BCUT2D eigenvalue weighted by atomic mass is 32.1. The Morgan fingerprint density at radius 1 is 1.05 bits per heavy atom. The van der Waals surface area contributed by atoms with Crippen molar-refractivity contribution in [1.29, 1.82) is 0 Å². The van der Waals surface area contributed by atoms with Crippen LogP contribution in [0.25, 0.3) is 33.7 Å². The second-order valence-corrected chi connectivity index (χ2v) is 9.42. The van der Waals surface area contributed by atoms with Gasteiger partial charge in [0.05, 0.1) is 27.2 Å². The number of aromatic amines is 1. The van der Waals surface area contributed by atoms with Crippen LogP contribution >= 0.6 is 11.3 Å². The Balaban J connectivity index is 1.24. The highest BCUT2D eigenvalue weighted by Crippen LogP contribution is 2.28. The van der Waals surface area contributed by atoms with Gasteiger partial charge in [-0.25, -0.2) is 14.8 Å². The van der Waals surface area contributed by atoms with Gasteiger partial charge in [-0.3, -0.25) is 20.2 Å². The highest BCUT2D eigenvalue weighted by molar-refractivity contribution is 7.14. The minimum Gasteiger partial charge on any atom is -0.449 e. The molecule has 10 nitrogen and oxygen atoms in total. The van der Waals surface area contributed by atoms with Crippen LogP contribution in [0.2, 0.25) is 0 Å². The SMILES string of the molecule is Cc1ccc(-c2nc3ccc(C(=O)OC(C)C(=O)Nc4nc(-c5cccc([N+](=O)[O-])c5)cs4)cc3[nH]2)cc1. The lowest BCUT2D eigenvalue weighted by molar-refractivity contribution is -0.384. The lowest BCUT2D eigenvalue weighted by Gasteiger charge is -2.12. The summed E-state index contributed by atoms with van der Waals surface area (Å²) in [5.41, 5.74) is 4.70. The van der Waals surface area contributed by atoms with Crippen LogP contribution in [0.4, 0.5) is 10.8 Å². The maximum absolute atomic E-state index is 12.7. The first-order valence-corrected chi connectivity index (χ1v) is 12.4. The van der Waals surface area contributed by atoms with Gasteiger partial charge in [0, 0.05) is 28.6 Å². The van der Waals surface area contributed by atoms with Gasteiger partial charge in [-0.05, 0) is 32.0 Å². The Morgan fingerprint density at radius 3 is 2.61 bits per heavy atom. The molecule has 190 valence electrons. The zero-order valence-electron chi connectivity index (χ0n) is 20.3. The molecule has 2 aromatic heterocycles. The zero-order chi connectivity index (χ0) is 26.8. The topological polar surface area (TPSA) is 140 Å². The van der Waals surface area contributed by atoms with Crippen molar-refractivity contribution in [3.05, 3.63) is 93.4 Å². The minimum atomic E-state index is -1.09. The lowest BCUT2D eigenvalue weighted by atomic mass is 10.1. The van der Waals surface area contributed by atoms with Gasteiger partial charge < -0.3 is 9.72 Å². The Hall–Kier alpha value is -4.90. The summed E-state index contributed by atoms with van der Waals surface area (Å²) in [4.78, 5) is 48.0. The van der Waals surface area contributed by atoms with Crippen LogP contribution in [0.5, 0.6) is 0 Å². The number of nitro benzene ring substituents is 1. The molecule has 2 heterocycles. The monoisotopic (exact) mass is 527 g/mol. The number of nitro groups is 1. The number of hydrogen-bond acceptors (Lipinski definition) is 8. The first kappa shape index (κ1) is 24.8. The van der Waals surface area contributed by atoms with E-state index in [1.54, 1.807) is 35.7 Å². The van der Waals surface area contributed by atoms with Crippen molar-refractivity contribution in [2.24, 2.45) is 0 Å². The molecule has 0 bridgehead atoms. The summed E-state index contributed by atoms with van der Waals surface area (Å²) in [6, 6.07) is 18.9. The van der Waals surface area contributed by atoms with Crippen LogP contribution < -0.4 is 5.32 Å². The molecule has 1 unspecified atom stereocenters. The number of amides is 1. The second-order valence-electron chi connectivity index (χ2n) is 8.57. The van der Waals surface area contributed by atoms with E-state index in [2.05, 4.69) is 20.3 Å². The van der Waals surface area contributed by atoms with Crippen LogP contribution in [0.3, 0.4) is 0 Å². The van der Waals surface area contributed by atoms with Crippen molar-refractivity contribution in [3.8, 4) is 22.6 Å². The Morgan fingerprint density at radius 2 is 1.84 bits per heavy atom. The van der Waals surface area contributed by atoms with E-state index in [1.165, 1.54) is 19.1 Å². The third kappa shape index (κ3) is 5.27. The summed E-state index contributed by atoms with van der Waals surface area (Å²) in [7, 11) is 0. The molecule has 2 N–H and O–H groups in total. The number of hydrogen-bond donors (Lipinski definition) is 2. The predicted molar refractivity (Wildman–Crippen MR) is 144 cm³/mol. The van der Waals surface area contributed by atoms with E-state index in [-0.39, 0.29) is 16.4 Å². The fourth-order valence-corrected chi connectivity index (χ4v) is 4.44. The number of anilines is 1. The maximum atomic E-state index is 12.7. The van der Waals surface area contributed by atoms with Crippen molar-refractivity contribution in [1.82, 2.24) is 15.0 Å². The molecule has 38 heavy (non-hydrogen) atoms. The largest absolute Gasteiger partial charge is 0.449 e. The molecule has 0 aliphatic carbocycles. The quantitative estimate of drug-likeness (QED) is 0.156. The first-order chi connectivity index (χ1) is 18.3. The van der Waals surface area contributed by atoms with Crippen LogP contribution in [0, 0.1) is 17.0 Å². The van der Waals surface area contributed by atoms with Crippen LogP contribution in [0.15, 0.2) is 72.1 Å². The van der Waals surface area contributed by atoms with E-state index < -0.39 is 22.9 Å². The molecule has 3 aromatic carbocycles. The number of benzene rings is 3. The standard InChI is InChI=1S/C27H21N5O5S/c1-15-6-8-17(9-7-15)24-28-21-11-10-19(13-22(21)29-24)26(34)37-16(2)25(33)31-27-30-23(14-38-27)18-4-3-5-20(12-18)32(35)36/h3-14,16H,1-2H3,(H,28,29)(H,30,31,33). The first-order valence-electron chi connectivity index (χ1n) is 11.6. The summed E-state index contributed by atoms with van der Waals surface area (Å²) >= 11 is 1.16. The molecule has 0 aliphatic rings. The van der Waals surface area contributed by atoms with Crippen molar-refractivity contribution < 1.29 is 19.2 Å². The van der Waals surface area contributed by atoms with E-state index >= 15 is 0 Å². The number of ether oxygens (including phenoxy) is 1. The number of imidazole rings is 1. The summed E-state index contributed by atoms with van der Waals surface area (Å²) in [6.45, 7) is 3.47. The number of carbonyl (C=O) groups is 2. The van der Waals surface area contributed by atoms with E-state index in [1.807, 2.05) is 31.2 Å². The Bertz CT molecular complexity index is 1680. The predicted octanol–water partition coefficient (Wildman–Crippen LogP) is 5.75. The summed E-state index contributed by atoms with van der Waals surface area (Å²) in [6.07, 6.45) is -1.09. The number of aromatic nitrogens is 3. The number of H-pyrrole nitrogens is 1. The molecule has 0 radical (unpaired) electrons. The number of carbonyl (C=O) groups excluding carboxylic acids is 2. The van der Waals surface area contributed by atoms with Gasteiger partial charge in [-0.2, -0.15) is 0 Å². The van der Waals surface area contributed by atoms with Gasteiger partial charge in [-0.15, -0.1) is 11.3 Å². The van der Waals surface area contributed by atoms with Crippen LogP contribution in [-0.4, -0.2) is 37.9 Å². The van der Waals surface area contributed by atoms with Gasteiger partial charge >= 0.3 is 5.97 Å². The van der Waals surface area contributed by atoms with E-state index in [9.17, 15) is 19.7 Å². The van der Waals surface area contributed by atoms with Crippen molar-refractivity contribution in [2.75, 3.05) is 5.32 Å². The van der Waals surface area contributed by atoms with E-state index in [4.69, 9.17) is 4.74 Å². The van der Waals surface area contributed by atoms with Gasteiger partial charge in [0.1, 0.15) is 5.82 Å². The molecule has 1 atom stereocenters. The molecule has 5 rings (SSSR count). The van der Waals surface area contributed by atoms with Crippen LogP contribution in [-0.2, 0) is 9.53 Å². The summed E-state index contributed by atoms with van der Waals surface area (Å²) in [5.74, 6) is -0.522. The highest BCUT2D eigenvalue weighted by Gasteiger charge is 2.21. The molecule has 0 spiro atoms. The number of aryl methyl sites for hydroxylation is 1. The molecule has 0 saturated heterocycles. The van der Waals surface area contributed by atoms with Gasteiger partial charge in [0.2, 0.25) is 0 Å². The maximum Gasteiger partial charge on any atom is 0.338 e. The van der Waals surface area contributed by atoms with Gasteiger partial charge in [0.25, 0.3) is 11.6 Å². The fourth-order valence-electron chi connectivity index (χ4n) is 3.72. The van der Waals surface area contributed by atoms with Gasteiger partial charge in [-0.1, -0.05) is 42.0 Å². The number of fused-ring (bicyclic) bond motifs is 1. The van der Waals surface area contributed by atoms with Gasteiger partial charge in [0.15, 0.2) is 11.2 Å². The Kier molecular flexibility index (Phi) is 6.67. The molecule has 1 amide bonds. The average molecular weight is 528 g/mol. The number of nitrogens with zero attached hydrogens (tertiary/aromatic N) is 3. The minimum absolute atomic E-state index is 0.0543. The second kappa shape index (κ2) is 10.2. The number of non-ortho nitro benzene ring substituents is 1. The summed E-state index contributed by atoms with van der Waals surface area (Å²) < 4.78 is 5.37. The Labute approximate surface area is 220 Å². The third-order valence-electron chi connectivity index (χ3n) is 5.78. The molecule has 0 saturated carbocycles. The molecular weight excluding hydrogens is 506 g/mol. The molecular formula is C27H21N5O5S. The van der Waals surface area contributed by atoms with Crippen LogP contribution in [0.1, 0.15) is 22.8 Å². The number of esters is 1. The average Bonchev–Trinajstić information content (AvgIpc) is 3.56. The van der Waals surface area contributed by atoms with Crippen molar-refractivity contribution in [3.63, 3.8) is 0 Å².